The van der Waals surface area contributed by atoms with Crippen LogP contribution in [0.15, 0.2) is 31.0 Å². The Hall–Kier alpha value is -2.01. The molecule has 2 rings (SSSR count). The van der Waals surface area contributed by atoms with Crippen LogP contribution in [0.5, 0.6) is 0 Å². The first kappa shape index (κ1) is 11.5. The van der Waals surface area contributed by atoms with E-state index in [0.717, 1.165) is 5.56 Å². The summed E-state index contributed by atoms with van der Waals surface area (Å²) in [7, 11) is 0. The second-order valence-corrected chi connectivity index (χ2v) is 3.87. The number of hydrogen-bond donors (Lipinski definition) is 1. The van der Waals surface area contributed by atoms with E-state index in [1.807, 2.05) is 6.92 Å². The van der Waals surface area contributed by atoms with Crippen LogP contribution in [0.25, 0.3) is 0 Å². The van der Waals surface area contributed by atoms with E-state index in [-0.39, 0.29) is 5.78 Å². The van der Waals surface area contributed by atoms with Crippen molar-refractivity contribution in [1.82, 2.24) is 14.5 Å². The van der Waals surface area contributed by atoms with Crippen LogP contribution in [0.2, 0.25) is 0 Å². The predicted octanol–water partition coefficient (Wildman–Crippen LogP) is 0.776. The van der Waals surface area contributed by atoms with Gasteiger partial charge in [-0.2, -0.15) is 0 Å². The first-order valence-corrected chi connectivity index (χ1v) is 5.39. The van der Waals surface area contributed by atoms with E-state index < -0.39 is 0 Å². The normalized spacial score (nSPS) is 10.5. The van der Waals surface area contributed by atoms with E-state index >= 15 is 0 Å². The summed E-state index contributed by atoms with van der Waals surface area (Å²) in [5.41, 5.74) is 7.37. The summed E-state index contributed by atoms with van der Waals surface area (Å²) in [6.45, 7) is 3.08. The largest absolute Gasteiger partial charge is 0.335 e. The van der Waals surface area contributed by atoms with Gasteiger partial charge in [0, 0.05) is 37.2 Å². The van der Waals surface area contributed by atoms with Gasteiger partial charge in [0.05, 0.1) is 6.33 Å². The van der Waals surface area contributed by atoms with E-state index in [2.05, 4.69) is 9.97 Å². The standard InChI is InChI=1S/C12H14N4O/c1-9-4-10(6-14-5-9)12(17)11-7-16(3-2-13)8-15-11/h4-8H,2-3,13H2,1H3. The number of pyridine rings is 1. The second kappa shape index (κ2) is 4.88. The molecule has 0 amide bonds. The van der Waals surface area contributed by atoms with Crippen molar-refractivity contribution in [3.63, 3.8) is 0 Å². The third kappa shape index (κ3) is 2.57. The molecule has 2 heterocycles. The lowest BCUT2D eigenvalue weighted by molar-refractivity contribution is 0.103. The number of carbonyl (C=O) groups is 1. The monoisotopic (exact) mass is 230 g/mol. The highest BCUT2D eigenvalue weighted by atomic mass is 16.1. The number of rotatable bonds is 4. The van der Waals surface area contributed by atoms with Gasteiger partial charge in [0.1, 0.15) is 5.69 Å². The lowest BCUT2D eigenvalue weighted by Gasteiger charge is -1.98. The molecule has 0 fully saturated rings. The minimum Gasteiger partial charge on any atom is -0.335 e. The molecule has 17 heavy (non-hydrogen) atoms. The van der Waals surface area contributed by atoms with Gasteiger partial charge >= 0.3 is 0 Å². The molecule has 0 saturated heterocycles. The minimum absolute atomic E-state index is 0.114. The van der Waals surface area contributed by atoms with Gasteiger partial charge in [-0.15, -0.1) is 0 Å². The van der Waals surface area contributed by atoms with Crippen LogP contribution in [0.4, 0.5) is 0 Å². The maximum atomic E-state index is 12.1. The maximum Gasteiger partial charge on any atom is 0.214 e. The molecule has 0 aromatic carbocycles. The molecule has 2 aromatic rings. The molecule has 88 valence electrons. The number of carbonyl (C=O) groups excluding carboxylic acids is 1. The van der Waals surface area contributed by atoms with Gasteiger partial charge in [0.2, 0.25) is 5.78 Å². The molecule has 0 unspecified atom stereocenters. The molecule has 0 radical (unpaired) electrons. The van der Waals surface area contributed by atoms with Gasteiger partial charge < -0.3 is 10.3 Å². The highest BCUT2D eigenvalue weighted by molar-refractivity contribution is 6.07. The number of aromatic nitrogens is 3. The number of nitrogens with two attached hydrogens (primary N) is 1. The van der Waals surface area contributed by atoms with Crippen LogP contribution in [0.1, 0.15) is 21.6 Å². The molecule has 2 aromatic heterocycles. The Morgan fingerprint density at radius 2 is 2.29 bits per heavy atom. The maximum absolute atomic E-state index is 12.1. The zero-order valence-electron chi connectivity index (χ0n) is 9.63. The number of imidazole rings is 1. The van der Waals surface area contributed by atoms with Crippen molar-refractivity contribution in [1.29, 1.82) is 0 Å². The van der Waals surface area contributed by atoms with E-state index in [1.54, 1.807) is 35.6 Å². The molecule has 5 nitrogen and oxygen atoms in total. The van der Waals surface area contributed by atoms with Crippen LogP contribution >= 0.6 is 0 Å². The Kier molecular flexibility index (Phi) is 3.30. The lowest BCUT2D eigenvalue weighted by Crippen LogP contribution is -2.08. The van der Waals surface area contributed by atoms with Gasteiger partial charge in [0.15, 0.2) is 0 Å². The SMILES string of the molecule is Cc1cncc(C(=O)c2cn(CCN)cn2)c1. The summed E-state index contributed by atoms with van der Waals surface area (Å²) in [4.78, 5) is 20.1. The van der Waals surface area contributed by atoms with Gasteiger partial charge in [-0.05, 0) is 18.6 Å². The van der Waals surface area contributed by atoms with Crippen molar-refractivity contribution < 1.29 is 4.79 Å². The molecule has 0 saturated carbocycles. The number of nitrogens with zero attached hydrogens (tertiary/aromatic N) is 3. The fraction of sp³-hybridized carbons (Fsp3) is 0.250. The van der Waals surface area contributed by atoms with Crippen molar-refractivity contribution in [3.8, 4) is 0 Å². The molecular formula is C12H14N4O. The summed E-state index contributed by atoms with van der Waals surface area (Å²) in [6, 6.07) is 1.80. The molecule has 0 atom stereocenters. The summed E-state index contributed by atoms with van der Waals surface area (Å²) < 4.78 is 1.80. The Labute approximate surface area is 99.3 Å². The first-order valence-electron chi connectivity index (χ1n) is 5.39. The summed E-state index contributed by atoms with van der Waals surface area (Å²) in [6.07, 6.45) is 6.59. The number of ketones is 1. The Morgan fingerprint density at radius 3 is 3.00 bits per heavy atom. The van der Waals surface area contributed by atoms with Gasteiger partial charge in [-0.3, -0.25) is 9.78 Å². The quantitative estimate of drug-likeness (QED) is 0.787. The fourth-order valence-corrected chi connectivity index (χ4v) is 1.58. The molecular weight excluding hydrogens is 216 g/mol. The average Bonchev–Trinajstić information content (AvgIpc) is 2.77. The molecule has 0 bridgehead atoms. The van der Waals surface area contributed by atoms with E-state index in [1.165, 1.54) is 0 Å². The van der Waals surface area contributed by atoms with Crippen LogP contribution in [-0.4, -0.2) is 26.9 Å². The number of hydrogen-bond acceptors (Lipinski definition) is 4. The zero-order chi connectivity index (χ0) is 12.3. The minimum atomic E-state index is -0.114. The van der Waals surface area contributed by atoms with E-state index in [9.17, 15) is 4.79 Å². The zero-order valence-corrected chi connectivity index (χ0v) is 9.63. The molecule has 2 N–H and O–H groups in total. The summed E-state index contributed by atoms with van der Waals surface area (Å²) in [5, 5.41) is 0. The van der Waals surface area contributed by atoms with Crippen molar-refractivity contribution in [2.45, 2.75) is 13.5 Å². The topological polar surface area (TPSA) is 73.8 Å². The molecule has 0 aliphatic carbocycles. The summed E-state index contributed by atoms with van der Waals surface area (Å²) in [5.74, 6) is -0.114. The fourth-order valence-electron chi connectivity index (χ4n) is 1.58. The molecule has 0 aliphatic heterocycles. The molecule has 0 aliphatic rings. The molecule has 5 heteroatoms. The Balaban J connectivity index is 2.24. The predicted molar refractivity (Wildman–Crippen MR) is 63.7 cm³/mol. The van der Waals surface area contributed by atoms with Crippen molar-refractivity contribution in [2.24, 2.45) is 5.73 Å². The smallest absolute Gasteiger partial charge is 0.214 e. The molecule has 0 spiro atoms. The third-order valence-electron chi connectivity index (χ3n) is 2.39. The van der Waals surface area contributed by atoms with Crippen molar-refractivity contribution >= 4 is 5.78 Å². The van der Waals surface area contributed by atoms with Gasteiger partial charge in [0.25, 0.3) is 0 Å². The van der Waals surface area contributed by atoms with E-state index in [4.69, 9.17) is 5.73 Å². The Bertz CT molecular complexity index is 533. The number of aryl methyl sites for hydroxylation is 1. The van der Waals surface area contributed by atoms with Crippen LogP contribution in [0.3, 0.4) is 0 Å². The average molecular weight is 230 g/mol. The van der Waals surface area contributed by atoms with E-state index in [0.29, 0.717) is 24.3 Å². The van der Waals surface area contributed by atoms with Crippen LogP contribution in [0, 0.1) is 6.92 Å². The van der Waals surface area contributed by atoms with Crippen LogP contribution in [-0.2, 0) is 6.54 Å². The highest BCUT2D eigenvalue weighted by Gasteiger charge is 2.12. The van der Waals surface area contributed by atoms with Crippen molar-refractivity contribution in [2.75, 3.05) is 6.54 Å². The third-order valence-corrected chi connectivity index (χ3v) is 2.39. The van der Waals surface area contributed by atoms with Crippen LogP contribution < -0.4 is 5.73 Å². The van der Waals surface area contributed by atoms with Crippen molar-refractivity contribution in [3.05, 3.63) is 47.8 Å². The summed E-state index contributed by atoms with van der Waals surface area (Å²) >= 11 is 0. The highest BCUT2D eigenvalue weighted by Crippen LogP contribution is 2.08. The second-order valence-electron chi connectivity index (χ2n) is 3.87. The Morgan fingerprint density at radius 1 is 1.47 bits per heavy atom. The first-order chi connectivity index (χ1) is 8.20. The van der Waals surface area contributed by atoms with Gasteiger partial charge in [-0.25, -0.2) is 4.98 Å². The lowest BCUT2D eigenvalue weighted by atomic mass is 10.1. The van der Waals surface area contributed by atoms with Gasteiger partial charge in [-0.1, -0.05) is 0 Å².